The molecule has 1 heterocycles. The summed E-state index contributed by atoms with van der Waals surface area (Å²) < 4.78 is 0. The van der Waals surface area contributed by atoms with E-state index in [-0.39, 0.29) is 12.0 Å². The van der Waals surface area contributed by atoms with Crippen LogP contribution >= 0.6 is 0 Å². The van der Waals surface area contributed by atoms with Crippen LogP contribution in [0.15, 0.2) is 35.1 Å². The minimum absolute atomic E-state index is 0.0951. The molecular formula is C14H13N3O. The average molecular weight is 239 g/mol. The molecule has 0 aliphatic rings. The van der Waals surface area contributed by atoms with Gasteiger partial charge in [-0.2, -0.15) is 10.4 Å². The van der Waals surface area contributed by atoms with Crippen LogP contribution in [0.3, 0.4) is 0 Å². The molecule has 0 saturated carbocycles. The first-order valence-corrected chi connectivity index (χ1v) is 5.79. The van der Waals surface area contributed by atoms with Gasteiger partial charge in [-0.1, -0.05) is 31.2 Å². The number of hydrogen-bond acceptors (Lipinski definition) is 3. The normalized spacial score (nSPS) is 10.0. The van der Waals surface area contributed by atoms with Gasteiger partial charge in [0.15, 0.2) is 0 Å². The fraction of sp³-hybridized carbons (Fsp3) is 0.214. The number of aromatic nitrogens is 2. The van der Waals surface area contributed by atoms with E-state index in [1.807, 2.05) is 30.3 Å². The molecule has 2 aromatic rings. The Morgan fingerprint density at radius 2 is 2.06 bits per heavy atom. The van der Waals surface area contributed by atoms with E-state index < -0.39 is 0 Å². The second-order valence-electron chi connectivity index (χ2n) is 3.99. The number of hydrogen-bond donors (Lipinski definition) is 1. The Morgan fingerprint density at radius 3 is 2.67 bits per heavy atom. The van der Waals surface area contributed by atoms with Crippen LogP contribution in [0.5, 0.6) is 0 Å². The molecule has 0 spiro atoms. The summed E-state index contributed by atoms with van der Waals surface area (Å²) >= 11 is 0. The van der Waals surface area contributed by atoms with Gasteiger partial charge in [0.2, 0.25) is 0 Å². The first kappa shape index (κ1) is 12.1. The lowest BCUT2D eigenvalue weighted by Gasteiger charge is -2.03. The van der Waals surface area contributed by atoms with E-state index in [4.69, 9.17) is 5.26 Å². The molecular weight excluding hydrogens is 226 g/mol. The van der Waals surface area contributed by atoms with Crippen molar-refractivity contribution in [3.8, 4) is 17.3 Å². The summed E-state index contributed by atoms with van der Waals surface area (Å²) in [5.41, 5.74) is 3.01. The molecule has 0 amide bonds. The third kappa shape index (κ3) is 2.46. The molecule has 1 aromatic carbocycles. The summed E-state index contributed by atoms with van der Waals surface area (Å²) in [5, 5.41) is 15.1. The SMILES string of the molecule is CCc1ccc(-c2cc(CC#N)c(=O)[nH]n2)cc1. The van der Waals surface area contributed by atoms with Gasteiger partial charge >= 0.3 is 0 Å². The lowest BCUT2D eigenvalue weighted by atomic mass is 10.1. The average Bonchev–Trinajstić information content (AvgIpc) is 2.42. The second-order valence-corrected chi connectivity index (χ2v) is 3.99. The lowest BCUT2D eigenvalue weighted by molar-refractivity contribution is 0.962. The van der Waals surface area contributed by atoms with E-state index in [2.05, 4.69) is 17.1 Å². The molecule has 0 aliphatic carbocycles. The van der Waals surface area contributed by atoms with Crippen molar-refractivity contribution in [1.82, 2.24) is 10.2 Å². The molecule has 18 heavy (non-hydrogen) atoms. The Labute approximate surface area is 105 Å². The van der Waals surface area contributed by atoms with Crippen molar-refractivity contribution in [2.24, 2.45) is 0 Å². The Bertz CT molecular complexity index is 635. The van der Waals surface area contributed by atoms with Crippen LogP contribution in [0.1, 0.15) is 18.1 Å². The van der Waals surface area contributed by atoms with Crippen LogP contribution in [0.25, 0.3) is 11.3 Å². The molecule has 0 saturated heterocycles. The van der Waals surface area contributed by atoms with Crippen LogP contribution in [0.4, 0.5) is 0 Å². The summed E-state index contributed by atoms with van der Waals surface area (Å²) in [6, 6.07) is 11.6. The molecule has 4 nitrogen and oxygen atoms in total. The molecule has 90 valence electrons. The van der Waals surface area contributed by atoms with Gasteiger partial charge in [0.1, 0.15) is 0 Å². The van der Waals surface area contributed by atoms with E-state index >= 15 is 0 Å². The lowest BCUT2D eigenvalue weighted by Crippen LogP contribution is -2.14. The maximum atomic E-state index is 11.4. The zero-order chi connectivity index (χ0) is 13.0. The molecule has 0 fully saturated rings. The van der Waals surface area contributed by atoms with Crippen molar-refractivity contribution < 1.29 is 0 Å². The highest BCUT2D eigenvalue weighted by Gasteiger charge is 2.05. The van der Waals surface area contributed by atoms with Crippen molar-refractivity contribution in [3.63, 3.8) is 0 Å². The van der Waals surface area contributed by atoms with E-state index in [1.54, 1.807) is 6.07 Å². The van der Waals surface area contributed by atoms with Gasteiger partial charge in [-0.15, -0.1) is 0 Å². The van der Waals surface area contributed by atoms with Crippen molar-refractivity contribution >= 4 is 0 Å². The Morgan fingerprint density at radius 1 is 1.33 bits per heavy atom. The molecule has 0 aliphatic heterocycles. The van der Waals surface area contributed by atoms with Crippen LogP contribution in [-0.2, 0) is 12.8 Å². The van der Waals surface area contributed by atoms with Gasteiger partial charge in [-0.3, -0.25) is 4.79 Å². The maximum absolute atomic E-state index is 11.4. The molecule has 1 N–H and O–H groups in total. The van der Waals surface area contributed by atoms with Gasteiger partial charge < -0.3 is 0 Å². The third-order valence-electron chi connectivity index (χ3n) is 2.81. The summed E-state index contributed by atoms with van der Waals surface area (Å²) in [4.78, 5) is 11.4. The molecule has 0 bridgehead atoms. The number of nitrogens with one attached hydrogen (secondary N) is 1. The minimum Gasteiger partial charge on any atom is -0.268 e. The van der Waals surface area contributed by atoms with Crippen molar-refractivity contribution in [3.05, 3.63) is 51.8 Å². The van der Waals surface area contributed by atoms with Crippen LogP contribution in [0, 0.1) is 11.3 Å². The predicted molar refractivity (Wildman–Crippen MR) is 69.0 cm³/mol. The molecule has 0 radical (unpaired) electrons. The molecule has 0 unspecified atom stereocenters. The highest BCUT2D eigenvalue weighted by molar-refractivity contribution is 5.59. The van der Waals surface area contributed by atoms with Crippen molar-refractivity contribution in [2.75, 3.05) is 0 Å². The Kier molecular flexibility index (Phi) is 3.54. The summed E-state index contributed by atoms with van der Waals surface area (Å²) in [6.07, 6.45) is 1.08. The number of nitriles is 1. The number of nitrogens with zero attached hydrogens (tertiary/aromatic N) is 2. The van der Waals surface area contributed by atoms with Gasteiger partial charge in [0.25, 0.3) is 5.56 Å². The molecule has 2 rings (SSSR count). The number of rotatable bonds is 3. The van der Waals surface area contributed by atoms with E-state index in [1.165, 1.54) is 5.56 Å². The number of benzene rings is 1. The zero-order valence-electron chi connectivity index (χ0n) is 10.1. The monoisotopic (exact) mass is 239 g/mol. The summed E-state index contributed by atoms with van der Waals surface area (Å²) in [5.74, 6) is 0. The fourth-order valence-electron chi connectivity index (χ4n) is 1.72. The van der Waals surface area contributed by atoms with Gasteiger partial charge in [0.05, 0.1) is 18.2 Å². The maximum Gasteiger partial charge on any atom is 0.268 e. The molecule has 1 aromatic heterocycles. The van der Waals surface area contributed by atoms with Gasteiger partial charge in [0, 0.05) is 11.1 Å². The number of H-pyrrole nitrogens is 1. The molecule has 0 atom stereocenters. The largest absolute Gasteiger partial charge is 0.268 e. The number of aromatic amines is 1. The van der Waals surface area contributed by atoms with E-state index in [0.717, 1.165) is 12.0 Å². The standard InChI is InChI=1S/C14H13N3O/c1-2-10-3-5-11(6-4-10)13-9-12(7-8-15)14(18)17-16-13/h3-6,9H,2,7H2,1H3,(H,17,18). The first-order chi connectivity index (χ1) is 8.74. The molecule has 4 heteroatoms. The number of aryl methyl sites for hydroxylation is 1. The van der Waals surface area contributed by atoms with E-state index in [9.17, 15) is 4.79 Å². The Hall–Kier alpha value is -2.41. The zero-order valence-corrected chi connectivity index (χ0v) is 10.1. The fourth-order valence-corrected chi connectivity index (χ4v) is 1.72. The third-order valence-corrected chi connectivity index (χ3v) is 2.81. The van der Waals surface area contributed by atoms with Crippen molar-refractivity contribution in [2.45, 2.75) is 19.8 Å². The van der Waals surface area contributed by atoms with Gasteiger partial charge in [-0.25, -0.2) is 5.10 Å². The topological polar surface area (TPSA) is 69.5 Å². The summed E-state index contributed by atoms with van der Waals surface area (Å²) in [7, 11) is 0. The first-order valence-electron chi connectivity index (χ1n) is 5.79. The Balaban J connectivity index is 2.41. The van der Waals surface area contributed by atoms with E-state index in [0.29, 0.717) is 11.3 Å². The minimum atomic E-state index is -0.300. The second kappa shape index (κ2) is 5.28. The smallest absolute Gasteiger partial charge is 0.268 e. The highest BCUT2D eigenvalue weighted by Crippen LogP contribution is 2.17. The predicted octanol–water partition coefficient (Wildman–Crippen LogP) is 2.07. The quantitative estimate of drug-likeness (QED) is 0.891. The summed E-state index contributed by atoms with van der Waals surface area (Å²) in [6.45, 7) is 2.10. The van der Waals surface area contributed by atoms with Gasteiger partial charge in [-0.05, 0) is 18.1 Å². The van der Waals surface area contributed by atoms with Crippen molar-refractivity contribution in [1.29, 1.82) is 5.26 Å². The van der Waals surface area contributed by atoms with Crippen LogP contribution in [0.2, 0.25) is 0 Å². The van der Waals surface area contributed by atoms with Crippen LogP contribution < -0.4 is 5.56 Å². The highest BCUT2D eigenvalue weighted by atomic mass is 16.1. The van der Waals surface area contributed by atoms with Crippen LogP contribution in [-0.4, -0.2) is 10.2 Å².